The predicted octanol–water partition coefficient (Wildman–Crippen LogP) is 2.03. The van der Waals surface area contributed by atoms with Crippen molar-refractivity contribution in [3.8, 4) is 0 Å². The van der Waals surface area contributed by atoms with Gasteiger partial charge in [-0.3, -0.25) is 0 Å². The van der Waals surface area contributed by atoms with Crippen LogP contribution < -0.4 is 5.73 Å². The number of nitrogen functional groups attached to an aromatic ring is 1. The van der Waals surface area contributed by atoms with Gasteiger partial charge in [0.1, 0.15) is 0 Å². The van der Waals surface area contributed by atoms with E-state index in [0.717, 1.165) is 11.0 Å². The van der Waals surface area contributed by atoms with Gasteiger partial charge in [0, 0.05) is 0 Å². The number of aromatic nitrogens is 1. The van der Waals surface area contributed by atoms with Crippen LogP contribution in [0.4, 0.5) is 5.82 Å². The molecule has 0 radical (unpaired) electrons. The van der Waals surface area contributed by atoms with E-state index >= 15 is 0 Å². The highest BCUT2D eigenvalue weighted by Crippen LogP contribution is 2.23. The first kappa shape index (κ1) is 7.16. The molecule has 1 aromatic carbocycles. The third-order valence-corrected chi connectivity index (χ3v) is 2.11. The molecule has 3 nitrogen and oxygen atoms in total. The lowest BCUT2D eigenvalue weighted by Gasteiger charge is -1.97. The monoisotopic (exact) mass is 162 g/mol. The van der Waals surface area contributed by atoms with Gasteiger partial charge in [-0.05, 0) is 37.1 Å². The highest BCUT2D eigenvalue weighted by atomic mass is 16.5. The van der Waals surface area contributed by atoms with Gasteiger partial charge in [-0.15, -0.1) is 0 Å². The van der Waals surface area contributed by atoms with Crippen LogP contribution in [0.15, 0.2) is 16.7 Å². The van der Waals surface area contributed by atoms with Crippen LogP contribution in [0.3, 0.4) is 0 Å². The molecule has 0 saturated heterocycles. The van der Waals surface area contributed by atoms with Crippen molar-refractivity contribution in [3.05, 3.63) is 23.3 Å². The minimum Gasteiger partial charge on any atom is -0.380 e. The second-order valence-corrected chi connectivity index (χ2v) is 3.00. The van der Waals surface area contributed by atoms with E-state index < -0.39 is 0 Å². The number of rotatable bonds is 0. The summed E-state index contributed by atoms with van der Waals surface area (Å²) in [6, 6.07) is 3.95. The van der Waals surface area contributed by atoms with Crippen molar-refractivity contribution in [2.45, 2.75) is 13.8 Å². The molecule has 0 unspecified atom stereocenters. The van der Waals surface area contributed by atoms with Gasteiger partial charge in [0.2, 0.25) is 0 Å². The first-order valence-electron chi connectivity index (χ1n) is 3.80. The lowest BCUT2D eigenvalue weighted by molar-refractivity contribution is 0.460. The van der Waals surface area contributed by atoms with E-state index in [1.807, 2.05) is 26.0 Å². The fraction of sp³-hybridized carbons (Fsp3) is 0.222. The van der Waals surface area contributed by atoms with Crippen molar-refractivity contribution < 1.29 is 4.52 Å². The molecule has 0 aliphatic carbocycles. The highest BCUT2D eigenvalue weighted by molar-refractivity contribution is 5.87. The Kier molecular flexibility index (Phi) is 1.33. The third kappa shape index (κ3) is 0.863. The Morgan fingerprint density at radius 2 is 1.92 bits per heavy atom. The van der Waals surface area contributed by atoms with Crippen molar-refractivity contribution in [3.63, 3.8) is 0 Å². The lowest BCUT2D eigenvalue weighted by Crippen LogP contribution is -1.85. The molecule has 0 spiro atoms. The van der Waals surface area contributed by atoms with E-state index in [9.17, 15) is 0 Å². The molecule has 2 aromatic rings. The minimum atomic E-state index is 0.466. The second-order valence-electron chi connectivity index (χ2n) is 3.00. The van der Waals surface area contributed by atoms with Gasteiger partial charge >= 0.3 is 0 Å². The van der Waals surface area contributed by atoms with Crippen LogP contribution in [0.1, 0.15) is 11.1 Å². The Bertz CT molecular complexity index is 431. The molecule has 0 amide bonds. The Hall–Kier alpha value is -1.51. The molecule has 0 aliphatic rings. The zero-order valence-electron chi connectivity index (χ0n) is 7.09. The number of anilines is 1. The number of hydrogen-bond donors (Lipinski definition) is 1. The van der Waals surface area contributed by atoms with Gasteiger partial charge in [-0.2, -0.15) is 0 Å². The molecule has 1 heterocycles. The standard InChI is InChI=1S/C9H10N2O/c1-5-3-7-8(4-6(5)2)12-11-9(7)10/h3-4H,1-2H3,(H2,10,11). The van der Waals surface area contributed by atoms with Crippen molar-refractivity contribution in [1.29, 1.82) is 0 Å². The maximum Gasteiger partial charge on any atom is 0.174 e. The average molecular weight is 162 g/mol. The maximum atomic E-state index is 5.59. The first-order chi connectivity index (χ1) is 5.68. The number of benzene rings is 1. The zero-order valence-corrected chi connectivity index (χ0v) is 7.09. The molecular formula is C9H10N2O. The summed E-state index contributed by atoms with van der Waals surface area (Å²) >= 11 is 0. The van der Waals surface area contributed by atoms with Gasteiger partial charge < -0.3 is 10.3 Å². The lowest BCUT2D eigenvalue weighted by atomic mass is 10.1. The van der Waals surface area contributed by atoms with Gasteiger partial charge in [0.25, 0.3) is 0 Å². The normalized spacial score (nSPS) is 10.8. The molecule has 0 fully saturated rings. The third-order valence-electron chi connectivity index (χ3n) is 2.11. The molecule has 2 rings (SSSR count). The largest absolute Gasteiger partial charge is 0.380 e. The fourth-order valence-corrected chi connectivity index (χ4v) is 1.21. The van der Waals surface area contributed by atoms with E-state index in [4.69, 9.17) is 10.3 Å². The second kappa shape index (κ2) is 2.24. The predicted molar refractivity (Wildman–Crippen MR) is 47.9 cm³/mol. The summed E-state index contributed by atoms with van der Waals surface area (Å²) in [5.74, 6) is 0.466. The SMILES string of the molecule is Cc1cc2onc(N)c2cc1C. The van der Waals surface area contributed by atoms with Crippen molar-refractivity contribution >= 4 is 16.8 Å². The fourth-order valence-electron chi connectivity index (χ4n) is 1.21. The number of nitrogens with zero attached hydrogens (tertiary/aromatic N) is 1. The van der Waals surface area contributed by atoms with Crippen LogP contribution in [0.2, 0.25) is 0 Å². The Labute approximate surface area is 70.1 Å². The summed E-state index contributed by atoms with van der Waals surface area (Å²) in [6.07, 6.45) is 0. The maximum absolute atomic E-state index is 5.59. The van der Waals surface area contributed by atoms with Crippen LogP contribution in [-0.4, -0.2) is 5.16 Å². The zero-order chi connectivity index (χ0) is 8.72. The van der Waals surface area contributed by atoms with Crippen LogP contribution in [0.25, 0.3) is 11.0 Å². The Morgan fingerprint density at radius 1 is 1.25 bits per heavy atom. The smallest absolute Gasteiger partial charge is 0.174 e. The molecule has 1 aromatic heterocycles. The summed E-state index contributed by atoms with van der Waals surface area (Å²) in [6.45, 7) is 4.08. The van der Waals surface area contributed by atoms with E-state index in [1.165, 1.54) is 11.1 Å². The highest BCUT2D eigenvalue weighted by Gasteiger charge is 2.05. The number of hydrogen-bond acceptors (Lipinski definition) is 3. The van der Waals surface area contributed by atoms with Gasteiger partial charge in [0.05, 0.1) is 5.39 Å². The molecule has 62 valence electrons. The topological polar surface area (TPSA) is 52.0 Å². The van der Waals surface area contributed by atoms with Gasteiger partial charge in [0.15, 0.2) is 11.4 Å². The van der Waals surface area contributed by atoms with E-state index in [1.54, 1.807) is 0 Å². The Morgan fingerprint density at radius 3 is 2.67 bits per heavy atom. The van der Waals surface area contributed by atoms with Crippen LogP contribution in [-0.2, 0) is 0 Å². The van der Waals surface area contributed by atoms with E-state index in [0.29, 0.717) is 5.82 Å². The quantitative estimate of drug-likeness (QED) is 0.644. The molecule has 2 N–H and O–H groups in total. The van der Waals surface area contributed by atoms with E-state index in [2.05, 4.69) is 5.16 Å². The molecular weight excluding hydrogens is 152 g/mol. The van der Waals surface area contributed by atoms with E-state index in [-0.39, 0.29) is 0 Å². The molecule has 0 atom stereocenters. The van der Waals surface area contributed by atoms with Crippen molar-refractivity contribution in [2.75, 3.05) is 5.73 Å². The summed E-state index contributed by atoms with van der Waals surface area (Å²) < 4.78 is 5.01. The van der Waals surface area contributed by atoms with Crippen molar-refractivity contribution in [2.24, 2.45) is 0 Å². The number of nitrogens with two attached hydrogens (primary N) is 1. The average Bonchev–Trinajstić information content (AvgIpc) is 2.35. The van der Waals surface area contributed by atoms with Crippen LogP contribution in [0, 0.1) is 13.8 Å². The Balaban J connectivity index is 2.87. The summed E-state index contributed by atoms with van der Waals surface area (Å²) in [4.78, 5) is 0. The number of aryl methyl sites for hydroxylation is 2. The molecule has 0 bridgehead atoms. The summed E-state index contributed by atoms with van der Waals surface area (Å²) in [7, 11) is 0. The van der Waals surface area contributed by atoms with Gasteiger partial charge in [-0.1, -0.05) is 5.16 Å². The van der Waals surface area contributed by atoms with Crippen LogP contribution >= 0.6 is 0 Å². The number of fused-ring (bicyclic) bond motifs is 1. The van der Waals surface area contributed by atoms with Crippen LogP contribution in [0.5, 0.6) is 0 Å². The summed E-state index contributed by atoms with van der Waals surface area (Å²) in [5, 5.41) is 4.58. The minimum absolute atomic E-state index is 0.466. The van der Waals surface area contributed by atoms with Crippen molar-refractivity contribution in [1.82, 2.24) is 5.16 Å². The molecule has 0 aliphatic heterocycles. The van der Waals surface area contributed by atoms with Gasteiger partial charge in [-0.25, -0.2) is 0 Å². The summed E-state index contributed by atoms with van der Waals surface area (Å²) in [5.41, 5.74) is 8.75. The molecule has 3 heteroatoms. The molecule has 12 heavy (non-hydrogen) atoms. The molecule has 0 saturated carbocycles. The first-order valence-corrected chi connectivity index (χ1v) is 3.80.